The van der Waals surface area contributed by atoms with Crippen LogP contribution < -0.4 is 14.8 Å². The number of hydrogen-bond acceptors (Lipinski definition) is 4. The Balaban J connectivity index is 1.91. The van der Waals surface area contributed by atoms with Crippen molar-refractivity contribution in [3.8, 4) is 11.5 Å². The molecule has 2 atom stereocenters. The fraction of sp³-hybridized carbons (Fsp3) is 0.647. The van der Waals surface area contributed by atoms with Gasteiger partial charge in [-0.25, -0.2) is 0 Å². The summed E-state index contributed by atoms with van der Waals surface area (Å²) < 4.78 is 11.8. The summed E-state index contributed by atoms with van der Waals surface area (Å²) in [5, 5.41) is 3.69. The molecule has 4 heteroatoms. The summed E-state index contributed by atoms with van der Waals surface area (Å²) in [5.41, 5.74) is 1.21. The summed E-state index contributed by atoms with van der Waals surface area (Å²) in [7, 11) is 3.89. The Hall–Kier alpha value is -1.26. The van der Waals surface area contributed by atoms with Crippen LogP contribution in [0, 0.1) is 0 Å². The molecule has 2 heterocycles. The molecule has 0 amide bonds. The van der Waals surface area contributed by atoms with Gasteiger partial charge < -0.3 is 19.7 Å². The van der Waals surface area contributed by atoms with Gasteiger partial charge in [-0.3, -0.25) is 0 Å². The smallest absolute Gasteiger partial charge is 0.125 e. The molecule has 1 fully saturated rings. The lowest BCUT2D eigenvalue weighted by Gasteiger charge is -2.40. The Bertz CT molecular complexity index is 506. The zero-order valence-corrected chi connectivity index (χ0v) is 13.3. The molecule has 0 saturated carbocycles. The molecular weight excluding hydrogens is 264 g/mol. The highest BCUT2D eigenvalue weighted by Crippen LogP contribution is 2.44. The second-order valence-electron chi connectivity index (χ2n) is 6.39. The zero-order chi connectivity index (χ0) is 14.9. The fourth-order valence-corrected chi connectivity index (χ4v) is 3.57. The standard InChI is InChI=1S/C17H26N2O2/c1-4-8-18-15-11-17(7-9-19(2)12-17)21-16-6-5-13(20-3)10-14(15)16/h5-6,10,15,18H,4,7-9,11-12H2,1-3H3. The number of likely N-dealkylation sites (tertiary alicyclic amines) is 1. The van der Waals surface area contributed by atoms with Crippen LogP contribution in [-0.4, -0.2) is 44.3 Å². The Morgan fingerprint density at radius 1 is 1.48 bits per heavy atom. The molecule has 2 unspecified atom stereocenters. The van der Waals surface area contributed by atoms with Gasteiger partial charge in [0.25, 0.3) is 0 Å². The van der Waals surface area contributed by atoms with Crippen molar-refractivity contribution >= 4 is 0 Å². The monoisotopic (exact) mass is 290 g/mol. The maximum Gasteiger partial charge on any atom is 0.125 e. The zero-order valence-electron chi connectivity index (χ0n) is 13.3. The van der Waals surface area contributed by atoms with Gasteiger partial charge in [0.05, 0.1) is 7.11 Å². The van der Waals surface area contributed by atoms with E-state index in [0.29, 0.717) is 6.04 Å². The lowest BCUT2D eigenvalue weighted by Crippen LogP contribution is -2.46. The Labute approximate surface area is 127 Å². The van der Waals surface area contributed by atoms with Gasteiger partial charge in [-0.05, 0) is 38.2 Å². The van der Waals surface area contributed by atoms with E-state index in [1.54, 1.807) is 7.11 Å². The Kier molecular flexibility index (Phi) is 4.09. The van der Waals surface area contributed by atoms with Crippen LogP contribution in [0.5, 0.6) is 11.5 Å². The molecule has 0 aromatic heterocycles. The summed E-state index contributed by atoms with van der Waals surface area (Å²) >= 11 is 0. The molecule has 3 rings (SSSR count). The Morgan fingerprint density at radius 2 is 2.33 bits per heavy atom. The quantitative estimate of drug-likeness (QED) is 0.924. The van der Waals surface area contributed by atoms with Gasteiger partial charge >= 0.3 is 0 Å². The van der Waals surface area contributed by atoms with Gasteiger partial charge in [0, 0.05) is 37.5 Å². The molecule has 1 N–H and O–H groups in total. The van der Waals surface area contributed by atoms with Crippen LogP contribution in [0.3, 0.4) is 0 Å². The lowest BCUT2D eigenvalue weighted by molar-refractivity contribution is 0.0407. The predicted molar refractivity (Wildman–Crippen MR) is 84.1 cm³/mol. The lowest BCUT2D eigenvalue weighted by atomic mass is 9.86. The van der Waals surface area contributed by atoms with Gasteiger partial charge in [-0.1, -0.05) is 6.92 Å². The van der Waals surface area contributed by atoms with E-state index < -0.39 is 0 Å². The predicted octanol–water partition coefficient (Wildman–Crippen LogP) is 2.59. The third-order valence-electron chi connectivity index (χ3n) is 4.64. The van der Waals surface area contributed by atoms with Crippen molar-refractivity contribution in [2.75, 3.05) is 33.8 Å². The first-order valence-corrected chi connectivity index (χ1v) is 7.95. The number of nitrogens with zero attached hydrogens (tertiary/aromatic N) is 1. The van der Waals surface area contributed by atoms with Gasteiger partial charge in [0.15, 0.2) is 0 Å². The van der Waals surface area contributed by atoms with Crippen LogP contribution >= 0.6 is 0 Å². The van der Waals surface area contributed by atoms with Crippen molar-refractivity contribution in [1.82, 2.24) is 10.2 Å². The second kappa shape index (κ2) is 5.85. The second-order valence-corrected chi connectivity index (χ2v) is 6.39. The summed E-state index contributed by atoms with van der Waals surface area (Å²) in [4.78, 5) is 2.37. The van der Waals surface area contributed by atoms with Crippen LogP contribution in [0.4, 0.5) is 0 Å². The first kappa shape index (κ1) is 14.7. The van der Waals surface area contributed by atoms with Crippen molar-refractivity contribution in [1.29, 1.82) is 0 Å². The van der Waals surface area contributed by atoms with Crippen molar-refractivity contribution in [2.45, 2.75) is 37.8 Å². The molecule has 0 radical (unpaired) electrons. The summed E-state index contributed by atoms with van der Waals surface area (Å²) in [6, 6.07) is 6.53. The molecule has 0 bridgehead atoms. The number of nitrogens with one attached hydrogen (secondary N) is 1. The van der Waals surface area contributed by atoms with E-state index in [0.717, 1.165) is 50.4 Å². The number of hydrogen-bond donors (Lipinski definition) is 1. The highest BCUT2D eigenvalue weighted by molar-refractivity contribution is 5.44. The van der Waals surface area contributed by atoms with E-state index in [1.807, 2.05) is 6.07 Å². The maximum absolute atomic E-state index is 6.42. The normalized spacial score (nSPS) is 28.4. The molecule has 0 aliphatic carbocycles. The van der Waals surface area contributed by atoms with E-state index >= 15 is 0 Å². The van der Waals surface area contributed by atoms with E-state index in [1.165, 1.54) is 5.56 Å². The van der Waals surface area contributed by atoms with Crippen molar-refractivity contribution in [2.24, 2.45) is 0 Å². The summed E-state index contributed by atoms with van der Waals surface area (Å²) in [6.07, 6.45) is 3.29. The van der Waals surface area contributed by atoms with Crippen molar-refractivity contribution in [3.63, 3.8) is 0 Å². The van der Waals surface area contributed by atoms with Crippen LogP contribution in [0.15, 0.2) is 18.2 Å². The van der Waals surface area contributed by atoms with Crippen LogP contribution in [-0.2, 0) is 0 Å². The average molecular weight is 290 g/mol. The molecule has 1 spiro atoms. The first-order valence-electron chi connectivity index (χ1n) is 7.95. The molecular formula is C17H26N2O2. The minimum Gasteiger partial charge on any atom is -0.497 e. The summed E-state index contributed by atoms with van der Waals surface area (Å²) in [6.45, 7) is 5.37. The fourth-order valence-electron chi connectivity index (χ4n) is 3.57. The number of benzene rings is 1. The molecule has 1 aromatic carbocycles. The molecule has 1 saturated heterocycles. The van der Waals surface area contributed by atoms with Crippen LogP contribution in [0.2, 0.25) is 0 Å². The number of likely N-dealkylation sites (N-methyl/N-ethyl adjacent to an activating group) is 1. The van der Waals surface area contributed by atoms with Crippen LogP contribution in [0.1, 0.15) is 37.8 Å². The minimum atomic E-state index is -0.0260. The molecule has 2 aliphatic rings. The van der Waals surface area contributed by atoms with Crippen molar-refractivity contribution in [3.05, 3.63) is 23.8 Å². The van der Waals surface area contributed by atoms with Gasteiger partial charge in [0.2, 0.25) is 0 Å². The van der Waals surface area contributed by atoms with Gasteiger partial charge in [0.1, 0.15) is 17.1 Å². The molecule has 116 valence electrons. The largest absolute Gasteiger partial charge is 0.497 e. The number of rotatable bonds is 4. The van der Waals surface area contributed by atoms with E-state index in [2.05, 4.69) is 36.3 Å². The number of fused-ring (bicyclic) bond motifs is 1. The third-order valence-corrected chi connectivity index (χ3v) is 4.64. The molecule has 2 aliphatic heterocycles. The SMILES string of the molecule is CCCNC1CC2(CCN(C)C2)Oc2ccc(OC)cc21. The van der Waals surface area contributed by atoms with Gasteiger partial charge in [-0.15, -0.1) is 0 Å². The third kappa shape index (κ3) is 2.87. The molecule has 1 aromatic rings. The van der Waals surface area contributed by atoms with Crippen molar-refractivity contribution < 1.29 is 9.47 Å². The minimum absolute atomic E-state index is 0.0260. The summed E-state index contributed by atoms with van der Waals surface area (Å²) in [5.74, 6) is 1.92. The van der Waals surface area contributed by atoms with Crippen LogP contribution in [0.25, 0.3) is 0 Å². The van der Waals surface area contributed by atoms with E-state index in [-0.39, 0.29) is 5.60 Å². The average Bonchev–Trinajstić information content (AvgIpc) is 2.84. The Morgan fingerprint density at radius 3 is 3.00 bits per heavy atom. The highest BCUT2D eigenvalue weighted by atomic mass is 16.5. The number of ether oxygens (including phenoxy) is 2. The topological polar surface area (TPSA) is 33.7 Å². The van der Waals surface area contributed by atoms with E-state index in [9.17, 15) is 0 Å². The van der Waals surface area contributed by atoms with E-state index in [4.69, 9.17) is 9.47 Å². The molecule has 4 nitrogen and oxygen atoms in total. The molecule has 21 heavy (non-hydrogen) atoms. The maximum atomic E-state index is 6.42. The van der Waals surface area contributed by atoms with Gasteiger partial charge in [-0.2, -0.15) is 0 Å². The first-order chi connectivity index (χ1) is 10.2. The highest BCUT2D eigenvalue weighted by Gasteiger charge is 2.44. The number of methoxy groups -OCH3 is 1.